The maximum Gasteiger partial charge on any atom is 0.327 e. The van der Waals surface area contributed by atoms with Crippen LogP contribution in [0.25, 0.3) is 0 Å². The van der Waals surface area contributed by atoms with Gasteiger partial charge in [0.05, 0.1) is 0 Å². The van der Waals surface area contributed by atoms with Gasteiger partial charge in [0.1, 0.15) is 0 Å². The molecule has 0 fully saturated rings. The summed E-state index contributed by atoms with van der Waals surface area (Å²) >= 11 is 0. The SMILES string of the molecule is C#CCCn1ccn(C)c1=O. The van der Waals surface area contributed by atoms with E-state index >= 15 is 0 Å². The Bertz CT molecular complexity index is 327. The second kappa shape index (κ2) is 3.11. The predicted molar refractivity (Wildman–Crippen MR) is 43.1 cm³/mol. The summed E-state index contributed by atoms with van der Waals surface area (Å²) in [6, 6.07) is 0. The lowest BCUT2D eigenvalue weighted by atomic mass is 10.4. The van der Waals surface area contributed by atoms with Crippen molar-refractivity contribution in [2.24, 2.45) is 7.05 Å². The van der Waals surface area contributed by atoms with Crippen molar-refractivity contribution in [2.75, 3.05) is 0 Å². The first-order valence-electron chi connectivity index (χ1n) is 3.41. The van der Waals surface area contributed by atoms with E-state index < -0.39 is 0 Å². The van der Waals surface area contributed by atoms with Gasteiger partial charge in [-0.15, -0.1) is 12.3 Å². The van der Waals surface area contributed by atoms with Crippen molar-refractivity contribution in [3.63, 3.8) is 0 Å². The van der Waals surface area contributed by atoms with Gasteiger partial charge in [0.2, 0.25) is 0 Å². The third kappa shape index (κ3) is 1.53. The molecule has 58 valence electrons. The van der Waals surface area contributed by atoms with E-state index in [4.69, 9.17) is 6.42 Å². The molecule has 0 aliphatic carbocycles. The highest BCUT2D eigenvalue weighted by Gasteiger charge is 1.96. The number of hydrogen-bond acceptors (Lipinski definition) is 1. The molecular formula is C8H10N2O. The second-order valence-corrected chi connectivity index (χ2v) is 2.34. The minimum atomic E-state index is -0.0137. The molecule has 0 aliphatic heterocycles. The average molecular weight is 150 g/mol. The summed E-state index contributed by atoms with van der Waals surface area (Å²) in [5.41, 5.74) is -0.0137. The summed E-state index contributed by atoms with van der Waals surface area (Å²) in [4.78, 5) is 11.1. The smallest absolute Gasteiger partial charge is 0.302 e. The molecule has 0 unspecified atom stereocenters. The van der Waals surface area contributed by atoms with Crippen molar-refractivity contribution in [1.29, 1.82) is 0 Å². The van der Waals surface area contributed by atoms with E-state index in [2.05, 4.69) is 5.92 Å². The second-order valence-electron chi connectivity index (χ2n) is 2.34. The highest BCUT2D eigenvalue weighted by molar-refractivity contribution is 4.86. The monoisotopic (exact) mass is 150 g/mol. The highest BCUT2D eigenvalue weighted by atomic mass is 16.1. The molecule has 1 aromatic rings. The molecule has 3 heteroatoms. The number of nitrogens with zero attached hydrogens (tertiary/aromatic N) is 2. The van der Waals surface area contributed by atoms with Gasteiger partial charge in [0.25, 0.3) is 0 Å². The lowest BCUT2D eigenvalue weighted by Crippen LogP contribution is -2.21. The number of terminal acetylenes is 1. The van der Waals surface area contributed by atoms with Crippen LogP contribution in [-0.2, 0) is 13.6 Å². The van der Waals surface area contributed by atoms with Crippen LogP contribution < -0.4 is 5.69 Å². The van der Waals surface area contributed by atoms with E-state index in [1.165, 1.54) is 4.57 Å². The minimum absolute atomic E-state index is 0.0137. The van der Waals surface area contributed by atoms with E-state index in [1.807, 2.05) is 0 Å². The van der Waals surface area contributed by atoms with Gasteiger partial charge in [-0.3, -0.25) is 4.57 Å². The van der Waals surface area contributed by atoms with Gasteiger partial charge in [-0.2, -0.15) is 0 Å². The maximum absolute atomic E-state index is 11.1. The quantitative estimate of drug-likeness (QED) is 0.554. The van der Waals surface area contributed by atoms with Crippen molar-refractivity contribution >= 4 is 0 Å². The average Bonchev–Trinajstić information content (AvgIpc) is 2.31. The maximum atomic E-state index is 11.1. The molecule has 1 aromatic heterocycles. The fourth-order valence-electron chi connectivity index (χ4n) is 0.866. The highest BCUT2D eigenvalue weighted by Crippen LogP contribution is 1.85. The van der Waals surface area contributed by atoms with Gasteiger partial charge in [-0.25, -0.2) is 4.79 Å². The normalized spacial score (nSPS) is 9.45. The van der Waals surface area contributed by atoms with E-state index in [1.54, 1.807) is 24.0 Å². The Hall–Kier alpha value is -1.43. The Balaban J connectivity index is 2.81. The number of aryl methyl sites for hydroxylation is 2. The fraction of sp³-hybridized carbons (Fsp3) is 0.375. The van der Waals surface area contributed by atoms with Gasteiger partial charge in [0.15, 0.2) is 0 Å². The molecule has 0 saturated carbocycles. The summed E-state index contributed by atoms with van der Waals surface area (Å²) in [5, 5.41) is 0. The first-order chi connectivity index (χ1) is 5.25. The molecule has 0 atom stereocenters. The molecule has 1 heterocycles. The molecule has 0 aliphatic rings. The van der Waals surface area contributed by atoms with E-state index in [0.29, 0.717) is 13.0 Å². The van der Waals surface area contributed by atoms with E-state index in [9.17, 15) is 4.79 Å². The van der Waals surface area contributed by atoms with Crippen LogP contribution in [0.1, 0.15) is 6.42 Å². The number of rotatable bonds is 2. The number of imidazole rings is 1. The van der Waals surface area contributed by atoms with Crippen molar-refractivity contribution < 1.29 is 0 Å². The van der Waals surface area contributed by atoms with Crippen LogP contribution in [0, 0.1) is 12.3 Å². The van der Waals surface area contributed by atoms with Gasteiger partial charge in [0, 0.05) is 32.4 Å². The van der Waals surface area contributed by atoms with Crippen LogP contribution in [0.5, 0.6) is 0 Å². The topological polar surface area (TPSA) is 26.9 Å². The van der Waals surface area contributed by atoms with Crippen molar-refractivity contribution in [3.8, 4) is 12.3 Å². The van der Waals surface area contributed by atoms with E-state index in [-0.39, 0.29) is 5.69 Å². The van der Waals surface area contributed by atoms with Gasteiger partial charge < -0.3 is 4.57 Å². The molecule has 0 radical (unpaired) electrons. The van der Waals surface area contributed by atoms with Crippen molar-refractivity contribution in [3.05, 3.63) is 22.9 Å². The molecule has 0 spiro atoms. The molecular weight excluding hydrogens is 140 g/mol. The van der Waals surface area contributed by atoms with Crippen LogP contribution in [0.4, 0.5) is 0 Å². The Morgan fingerprint density at radius 1 is 1.64 bits per heavy atom. The molecule has 0 saturated heterocycles. The molecule has 0 amide bonds. The minimum Gasteiger partial charge on any atom is -0.302 e. The Labute approximate surface area is 65.3 Å². The number of aromatic nitrogens is 2. The van der Waals surface area contributed by atoms with Gasteiger partial charge in [-0.05, 0) is 0 Å². The molecule has 0 N–H and O–H groups in total. The lowest BCUT2D eigenvalue weighted by Gasteiger charge is -1.93. The van der Waals surface area contributed by atoms with E-state index in [0.717, 1.165) is 0 Å². The molecule has 0 aromatic carbocycles. The fourth-order valence-corrected chi connectivity index (χ4v) is 0.866. The third-order valence-corrected chi connectivity index (χ3v) is 1.51. The van der Waals surface area contributed by atoms with Crippen LogP contribution in [-0.4, -0.2) is 9.13 Å². The molecule has 11 heavy (non-hydrogen) atoms. The zero-order chi connectivity index (χ0) is 8.27. The van der Waals surface area contributed by atoms with Crippen LogP contribution in [0.15, 0.2) is 17.2 Å². The van der Waals surface area contributed by atoms with Crippen LogP contribution >= 0.6 is 0 Å². The summed E-state index contributed by atoms with van der Waals surface area (Å²) in [6.45, 7) is 0.607. The van der Waals surface area contributed by atoms with Crippen molar-refractivity contribution in [2.45, 2.75) is 13.0 Å². The molecule has 1 rings (SSSR count). The first kappa shape index (κ1) is 7.67. The Morgan fingerprint density at radius 3 is 2.82 bits per heavy atom. The van der Waals surface area contributed by atoms with Crippen molar-refractivity contribution in [1.82, 2.24) is 9.13 Å². The Morgan fingerprint density at radius 2 is 2.36 bits per heavy atom. The zero-order valence-corrected chi connectivity index (χ0v) is 6.45. The molecule has 3 nitrogen and oxygen atoms in total. The number of hydrogen-bond donors (Lipinski definition) is 0. The largest absolute Gasteiger partial charge is 0.327 e. The summed E-state index contributed by atoms with van der Waals surface area (Å²) in [5.74, 6) is 2.48. The summed E-state index contributed by atoms with van der Waals surface area (Å²) < 4.78 is 3.12. The standard InChI is InChI=1S/C8H10N2O/c1-3-4-5-10-7-6-9(2)8(10)11/h1,6-7H,4-5H2,2H3. The predicted octanol–water partition coefficient (Wildman–Crippen LogP) is 0.210. The summed E-state index contributed by atoms with van der Waals surface area (Å²) in [7, 11) is 1.72. The molecule has 0 bridgehead atoms. The van der Waals surface area contributed by atoms with Gasteiger partial charge >= 0.3 is 5.69 Å². The first-order valence-corrected chi connectivity index (χ1v) is 3.41. The van der Waals surface area contributed by atoms with Crippen LogP contribution in [0.3, 0.4) is 0 Å². The van der Waals surface area contributed by atoms with Gasteiger partial charge in [-0.1, -0.05) is 0 Å². The third-order valence-electron chi connectivity index (χ3n) is 1.51. The zero-order valence-electron chi connectivity index (χ0n) is 6.45. The van der Waals surface area contributed by atoms with Crippen LogP contribution in [0.2, 0.25) is 0 Å². The summed E-state index contributed by atoms with van der Waals surface area (Å²) in [6.07, 6.45) is 9.12. The lowest BCUT2D eigenvalue weighted by molar-refractivity contribution is 0.665. The Kier molecular flexibility index (Phi) is 2.17.